The molecule has 0 radical (unpaired) electrons. The van der Waals surface area contributed by atoms with Gasteiger partial charge in [-0.15, -0.1) is 0 Å². The summed E-state index contributed by atoms with van der Waals surface area (Å²) < 4.78 is 13.7. The molecular weight excluding hydrogens is 535 g/mol. The first-order valence-corrected chi connectivity index (χ1v) is 12.0. The number of hydrogen-bond donors (Lipinski definition) is 3. The third-order valence-corrected chi connectivity index (χ3v) is 6.12. The summed E-state index contributed by atoms with van der Waals surface area (Å²) in [5.41, 5.74) is 4.98. The van der Waals surface area contributed by atoms with Crippen LogP contribution in [0.5, 0.6) is 0 Å². The number of amides is 2. The van der Waals surface area contributed by atoms with E-state index in [0.29, 0.717) is 32.2 Å². The van der Waals surface area contributed by atoms with Crippen molar-refractivity contribution in [2.45, 2.75) is 10.9 Å². The summed E-state index contributed by atoms with van der Waals surface area (Å²) >= 11 is 4.82. The van der Waals surface area contributed by atoms with Crippen molar-refractivity contribution in [3.05, 3.63) is 106 Å². The number of nitrogens with one attached hydrogen (secondary N) is 3. The highest BCUT2D eigenvalue weighted by atomic mass is 79.9. The van der Waals surface area contributed by atoms with Crippen LogP contribution in [0.2, 0.25) is 0 Å². The molecule has 0 aliphatic heterocycles. The Labute approximate surface area is 212 Å². The second-order valence-corrected chi connectivity index (χ2v) is 9.05. The summed E-state index contributed by atoms with van der Waals surface area (Å²) in [4.78, 5) is 29.8. The van der Waals surface area contributed by atoms with Crippen molar-refractivity contribution in [2.75, 3.05) is 5.32 Å². The van der Waals surface area contributed by atoms with Gasteiger partial charge in [-0.3, -0.25) is 14.7 Å². The Morgan fingerprint density at radius 1 is 1.09 bits per heavy atom. The summed E-state index contributed by atoms with van der Waals surface area (Å²) in [6.07, 6.45) is 2.84. The summed E-state index contributed by atoms with van der Waals surface area (Å²) in [5, 5.41) is 14.0. The number of halogens is 2. The zero-order valence-electron chi connectivity index (χ0n) is 18.0. The Balaban J connectivity index is 1.44. The van der Waals surface area contributed by atoms with Crippen molar-refractivity contribution in [1.82, 2.24) is 20.6 Å². The molecule has 0 aliphatic carbocycles. The molecule has 35 heavy (non-hydrogen) atoms. The molecule has 1 aromatic heterocycles. The second-order valence-electron chi connectivity index (χ2n) is 7.17. The fraction of sp³-hybridized carbons (Fsp3) is 0.0417. The fourth-order valence-corrected chi connectivity index (χ4v) is 4.08. The van der Waals surface area contributed by atoms with Crippen molar-refractivity contribution in [2.24, 2.45) is 5.10 Å². The van der Waals surface area contributed by atoms with E-state index in [-0.39, 0.29) is 17.3 Å². The molecule has 0 fully saturated rings. The van der Waals surface area contributed by atoms with E-state index in [4.69, 9.17) is 0 Å². The molecule has 4 aromatic rings. The Kier molecular flexibility index (Phi) is 8.01. The number of H-pyrrole nitrogens is 1. The van der Waals surface area contributed by atoms with E-state index in [0.717, 1.165) is 5.56 Å². The van der Waals surface area contributed by atoms with Crippen LogP contribution in [0.3, 0.4) is 0 Å². The van der Waals surface area contributed by atoms with Crippen LogP contribution >= 0.6 is 27.7 Å². The Bertz CT molecular complexity index is 1360. The highest BCUT2D eigenvalue weighted by Gasteiger charge is 2.15. The largest absolute Gasteiger partial charge is 0.321 e. The molecule has 0 spiro atoms. The summed E-state index contributed by atoms with van der Waals surface area (Å²) in [6.45, 7) is 0. The quantitative estimate of drug-likeness (QED) is 0.161. The number of aromatic amines is 1. The Morgan fingerprint density at radius 3 is 2.69 bits per heavy atom. The molecule has 11 heteroatoms. The average molecular weight is 553 g/mol. The van der Waals surface area contributed by atoms with E-state index in [1.54, 1.807) is 36.4 Å². The molecule has 8 nitrogen and oxygen atoms in total. The number of hydrazone groups is 1. The van der Waals surface area contributed by atoms with Crippen LogP contribution < -0.4 is 10.7 Å². The number of rotatable bonds is 8. The Hall–Kier alpha value is -3.83. The molecule has 1 heterocycles. The minimum absolute atomic E-state index is 0.223. The molecule has 3 N–H and O–H groups in total. The van der Waals surface area contributed by atoms with Crippen LogP contribution in [-0.2, 0) is 5.75 Å². The molecule has 2 amide bonds. The minimum Gasteiger partial charge on any atom is -0.321 e. The van der Waals surface area contributed by atoms with Crippen molar-refractivity contribution >= 4 is 51.4 Å². The van der Waals surface area contributed by atoms with Gasteiger partial charge in [-0.1, -0.05) is 52.0 Å². The molecule has 4 rings (SSSR count). The van der Waals surface area contributed by atoms with Crippen molar-refractivity contribution in [3.8, 4) is 0 Å². The first kappa shape index (κ1) is 24.3. The molecule has 0 atom stereocenters. The summed E-state index contributed by atoms with van der Waals surface area (Å²) in [5.74, 6) is -0.631. The lowest BCUT2D eigenvalue weighted by Gasteiger charge is -2.11. The standard InChI is InChI=1S/C24H18BrFN6O2S/c25-18-6-9-21(20(11-18)23(34)31-28-12-15-4-7-19(26)8-5-15)30-22(33)17-3-1-2-16(10-17)13-35-24-27-14-29-32-24/h1-12,14H,13H2,(H,30,33)(H,31,34)(H,27,29,32). The molecule has 0 aliphatic rings. The molecule has 176 valence electrons. The van der Waals surface area contributed by atoms with Crippen molar-refractivity contribution in [3.63, 3.8) is 0 Å². The van der Waals surface area contributed by atoms with Gasteiger partial charge in [-0.2, -0.15) is 10.2 Å². The summed E-state index contributed by atoms with van der Waals surface area (Å²) in [6, 6.07) is 17.8. The predicted octanol–water partition coefficient (Wildman–Crippen LogP) is 5.01. The van der Waals surface area contributed by atoms with E-state index in [1.165, 1.54) is 48.6 Å². The number of carbonyl (C=O) groups is 2. The maximum absolute atomic E-state index is 13.0. The zero-order chi connectivity index (χ0) is 24.6. The predicted molar refractivity (Wildman–Crippen MR) is 136 cm³/mol. The van der Waals surface area contributed by atoms with Gasteiger partial charge in [0.2, 0.25) is 0 Å². The lowest BCUT2D eigenvalue weighted by Crippen LogP contribution is -2.21. The number of carbonyl (C=O) groups excluding carboxylic acids is 2. The van der Waals surface area contributed by atoms with Gasteiger partial charge in [0.05, 0.1) is 17.5 Å². The number of anilines is 1. The monoisotopic (exact) mass is 552 g/mol. The van der Waals surface area contributed by atoms with E-state index >= 15 is 0 Å². The minimum atomic E-state index is -0.517. The molecule has 0 saturated heterocycles. The first-order chi connectivity index (χ1) is 17.0. The number of hydrogen-bond acceptors (Lipinski definition) is 6. The average Bonchev–Trinajstić information content (AvgIpc) is 3.39. The van der Waals surface area contributed by atoms with Gasteiger partial charge >= 0.3 is 0 Å². The van der Waals surface area contributed by atoms with Crippen LogP contribution in [0, 0.1) is 5.82 Å². The fourth-order valence-electron chi connectivity index (χ4n) is 3.00. The van der Waals surface area contributed by atoms with Crippen molar-refractivity contribution in [1.29, 1.82) is 0 Å². The number of benzene rings is 3. The molecule has 0 bridgehead atoms. The molecule has 0 saturated carbocycles. The highest BCUT2D eigenvalue weighted by molar-refractivity contribution is 9.10. The number of thioether (sulfide) groups is 1. The van der Waals surface area contributed by atoms with Gasteiger partial charge in [-0.25, -0.2) is 14.8 Å². The van der Waals surface area contributed by atoms with Gasteiger partial charge in [0.1, 0.15) is 12.1 Å². The van der Waals surface area contributed by atoms with Crippen LogP contribution in [-0.4, -0.2) is 33.2 Å². The van der Waals surface area contributed by atoms with Gasteiger partial charge in [0.25, 0.3) is 11.8 Å². The van der Waals surface area contributed by atoms with E-state index in [9.17, 15) is 14.0 Å². The maximum atomic E-state index is 13.0. The smallest absolute Gasteiger partial charge is 0.273 e. The van der Waals surface area contributed by atoms with Crippen LogP contribution in [0.4, 0.5) is 10.1 Å². The SMILES string of the molecule is O=C(Nc1ccc(Br)cc1C(=O)NN=Cc1ccc(F)cc1)c1cccc(CSc2ncn[nH]2)c1. The van der Waals surface area contributed by atoms with E-state index in [1.807, 2.05) is 6.07 Å². The van der Waals surface area contributed by atoms with Crippen LogP contribution in [0.1, 0.15) is 31.8 Å². The lowest BCUT2D eigenvalue weighted by atomic mass is 10.1. The lowest BCUT2D eigenvalue weighted by molar-refractivity contribution is 0.0956. The second kappa shape index (κ2) is 11.5. The third kappa shape index (κ3) is 6.84. The third-order valence-electron chi connectivity index (χ3n) is 4.68. The Morgan fingerprint density at radius 2 is 1.91 bits per heavy atom. The molecular formula is C24H18BrFN6O2S. The first-order valence-electron chi connectivity index (χ1n) is 10.2. The molecule has 0 unspecified atom stereocenters. The van der Waals surface area contributed by atoms with Crippen LogP contribution in [0.15, 0.2) is 87.8 Å². The summed E-state index contributed by atoms with van der Waals surface area (Å²) in [7, 11) is 0. The van der Waals surface area contributed by atoms with E-state index < -0.39 is 5.91 Å². The number of nitrogens with zero attached hydrogens (tertiary/aromatic N) is 3. The van der Waals surface area contributed by atoms with Crippen molar-refractivity contribution < 1.29 is 14.0 Å². The van der Waals surface area contributed by atoms with Gasteiger partial charge in [-0.05, 0) is 53.6 Å². The van der Waals surface area contributed by atoms with Gasteiger partial charge in [0.15, 0.2) is 5.16 Å². The zero-order valence-corrected chi connectivity index (χ0v) is 20.4. The van der Waals surface area contributed by atoms with Gasteiger partial charge in [0, 0.05) is 15.8 Å². The number of aromatic nitrogens is 3. The highest BCUT2D eigenvalue weighted by Crippen LogP contribution is 2.23. The van der Waals surface area contributed by atoms with Gasteiger partial charge < -0.3 is 5.32 Å². The van der Waals surface area contributed by atoms with Crippen LogP contribution in [0.25, 0.3) is 0 Å². The normalized spacial score (nSPS) is 10.9. The maximum Gasteiger partial charge on any atom is 0.273 e. The topological polar surface area (TPSA) is 112 Å². The van der Waals surface area contributed by atoms with E-state index in [2.05, 4.69) is 47.0 Å². The molecule has 3 aromatic carbocycles.